The normalized spacial score (nSPS) is 10.8. The van der Waals surface area contributed by atoms with Crippen molar-refractivity contribution in [2.24, 2.45) is 0 Å². The van der Waals surface area contributed by atoms with Crippen molar-refractivity contribution in [3.8, 4) is 5.69 Å². The number of nitrogens with one attached hydrogen (secondary N) is 1. The molecule has 2 aromatic rings. The molecular weight excluding hydrogens is 236 g/mol. The lowest BCUT2D eigenvalue weighted by Crippen LogP contribution is -2.11. The molecule has 0 aliphatic carbocycles. The number of halogens is 1. The fourth-order valence-corrected chi connectivity index (χ4v) is 1.76. The van der Waals surface area contributed by atoms with E-state index in [4.69, 9.17) is 11.6 Å². The summed E-state index contributed by atoms with van der Waals surface area (Å²) in [6, 6.07) is 5.76. The van der Waals surface area contributed by atoms with Crippen LogP contribution in [0.5, 0.6) is 0 Å². The first kappa shape index (κ1) is 12.1. The van der Waals surface area contributed by atoms with E-state index in [9.17, 15) is 0 Å². The molecule has 0 radical (unpaired) electrons. The predicted molar refractivity (Wildman–Crippen MR) is 68.5 cm³/mol. The first-order valence-corrected chi connectivity index (χ1v) is 5.97. The van der Waals surface area contributed by atoms with Gasteiger partial charge in [-0.25, -0.2) is 4.68 Å². The van der Waals surface area contributed by atoms with Crippen LogP contribution in [-0.4, -0.2) is 21.5 Å². The van der Waals surface area contributed by atoms with Gasteiger partial charge in [0.15, 0.2) is 0 Å². The van der Waals surface area contributed by atoms with E-state index in [-0.39, 0.29) is 0 Å². The Labute approximate surface area is 106 Å². The standard InChI is InChI=1S/C12H15ClN4/c1-3-14-7-10-8-17(16-15-10)12-6-4-5-11(13)9(12)2/h4-6,8,14H,3,7H2,1-2H3. The van der Waals surface area contributed by atoms with Gasteiger partial charge in [-0.1, -0.05) is 29.8 Å². The molecule has 0 atom stereocenters. The molecule has 5 heteroatoms. The van der Waals surface area contributed by atoms with Gasteiger partial charge in [-0.2, -0.15) is 0 Å². The number of hydrogen-bond donors (Lipinski definition) is 1. The third-order valence-corrected chi connectivity index (χ3v) is 2.99. The minimum absolute atomic E-state index is 0.732. The van der Waals surface area contributed by atoms with Crippen molar-refractivity contribution in [3.05, 3.63) is 40.7 Å². The van der Waals surface area contributed by atoms with Crippen LogP contribution in [0.1, 0.15) is 18.2 Å². The van der Waals surface area contributed by atoms with Gasteiger partial charge in [-0.15, -0.1) is 5.10 Å². The lowest BCUT2D eigenvalue weighted by Gasteiger charge is -2.05. The summed E-state index contributed by atoms with van der Waals surface area (Å²) < 4.78 is 1.76. The highest BCUT2D eigenvalue weighted by molar-refractivity contribution is 6.31. The quantitative estimate of drug-likeness (QED) is 0.906. The Morgan fingerprint density at radius 3 is 3.00 bits per heavy atom. The van der Waals surface area contributed by atoms with E-state index in [1.807, 2.05) is 31.3 Å². The monoisotopic (exact) mass is 250 g/mol. The summed E-state index contributed by atoms with van der Waals surface area (Å²) in [5, 5.41) is 12.2. The Morgan fingerprint density at radius 1 is 1.41 bits per heavy atom. The molecule has 0 fully saturated rings. The molecule has 0 aliphatic rings. The van der Waals surface area contributed by atoms with E-state index < -0.39 is 0 Å². The molecule has 0 saturated carbocycles. The van der Waals surface area contributed by atoms with E-state index in [1.165, 1.54) is 0 Å². The molecule has 90 valence electrons. The highest BCUT2D eigenvalue weighted by Crippen LogP contribution is 2.21. The molecule has 1 heterocycles. The first-order chi connectivity index (χ1) is 8.22. The Kier molecular flexibility index (Phi) is 3.76. The second kappa shape index (κ2) is 5.29. The number of nitrogens with zero attached hydrogens (tertiary/aromatic N) is 3. The molecule has 0 aliphatic heterocycles. The van der Waals surface area contributed by atoms with Crippen LogP contribution in [0.3, 0.4) is 0 Å². The van der Waals surface area contributed by atoms with Crippen molar-refractivity contribution in [1.82, 2.24) is 20.3 Å². The Morgan fingerprint density at radius 2 is 2.24 bits per heavy atom. The second-order valence-electron chi connectivity index (χ2n) is 3.82. The largest absolute Gasteiger partial charge is 0.311 e. The van der Waals surface area contributed by atoms with Crippen molar-refractivity contribution >= 4 is 11.6 Å². The summed E-state index contributed by atoms with van der Waals surface area (Å²) in [5.41, 5.74) is 2.90. The molecule has 1 aromatic carbocycles. The predicted octanol–water partition coefficient (Wildman–Crippen LogP) is 2.34. The zero-order valence-corrected chi connectivity index (χ0v) is 10.7. The van der Waals surface area contributed by atoms with Gasteiger partial charge in [-0.3, -0.25) is 0 Å². The Hall–Kier alpha value is -1.39. The van der Waals surface area contributed by atoms with Gasteiger partial charge in [0.1, 0.15) is 0 Å². The Balaban J connectivity index is 2.27. The molecule has 0 bridgehead atoms. The van der Waals surface area contributed by atoms with E-state index in [0.717, 1.165) is 35.1 Å². The molecular formula is C12H15ClN4. The third kappa shape index (κ3) is 2.65. The van der Waals surface area contributed by atoms with Gasteiger partial charge in [0.05, 0.1) is 17.6 Å². The molecule has 17 heavy (non-hydrogen) atoms. The maximum Gasteiger partial charge on any atom is 0.0969 e. The minimum Gasteiger partial charge on any atom is -0.311 e. The van der Waals surface area contributed by atoms with Crippen molar-refractivity contribution in [3.63, 3.8) is 0 Å². The summed E-state index contributed by atoms with van der Waals surface area (Å²) in [5.74, 6) is 0. The molecule has 2 rings (SSSR count). The van der Waals surface area contributed by atoms with Crippen molar-refractivity contribution in [1.29, 1.82) is 0 Å². The van der Waals surface area contributed by atoms with E-state index in [0.29, 0.717) is 0 Å². The van der Waals surface area contributed by atoms with Gasteiger partial charge in [0, 0.05) is 11.6 Å². The van der Waals surface area contributed by atoms with Crippen molar-refractivity contribution in [2.45, 2.75) is 20.4 Å². The smallest absolute Gasteiger partial charge is 0.0969 e. The summed E-state index contributed by atoms with van der Waals surface area (Å²) in [4.78, 5) is 0. The van der Waals surface area contributed by atoms with Crippen LogP contribution in [0.4, 0.5) is 0 Å². The van der Waals surface area contributed by atoms with Crippen LogP contribution in [-0.2, 0) is 6.54 Å². The van der Waals surface area contributed by atoms with Gasteiger partial charge < -0.3 is 5.32 Å². The van der Waals surface area contributed by atoms with Gasteiger partial charge >= 0.3 is 0 Å². The maximum absolute atomic E-state index is 6.08. The van der Waals surface area contributed by atoms with Crippen LogP contribution in [0.15, 0.2) is 24.4 Å². The topological polar surface area (TPSA) is 42.7 Å². The maximum atomic E-state index is 6.08. The van der Waals surface area contributed by atoms with Gasteiger partial charge in [-0.05, 0) is 31.2 Å². The summed E-state index contributed by atoms with van der Waals surface area (Å²) in [6.45, 7) is 5.69. The summed E-state index contributed by atoms with van der Waals surface area (Å²) in [6.07, 6.45) is 1.92. The lowest BCUT2D eigenvalue weighted by atomic mass is 10.2. The van der Waals surface area contributed by atoms with Crippen LogP contribution in [0, 0.1) is 6.92 Å². The number of rotatable bonds is 4. The highest BCUT2D eigenvalue weighted by atomic mass is 35.5. The summed E-state index contributed by atoms with van der Waals surface area (Å²) >= 11 is 6.08. The molecule has 1 aromatic heterocycles. The molecule has 0 saturated heterocycles. The van der Waals surface area contributed by atoms with Crippen LogP contribution in [0.25, 0.3) is 5.69 Å². The zero-order valence-electron chi connectivity index (χ0n) is 9.94. The van der Waals surface area contributed by atoms with Crippen LogP contribution >= 0.6 is 11.6 Å². The van der Waals surface area contributed by atoms with Gasteiger partial charge in [0.25, 0.3) is 0 Å². The van der Waals surface area contributed by atoms with Crippen LogP contribution < -0.4 is 5.32 Å². The van der Waals surface area contributed by atoms with Crippen molar-refractivity contribution < 1.29 is 0 Å². The van der Waals surface area contributed by atoms with E-state index in [2.05, 4.69) is 22.6 Å². The van der Waals surface area contributed by atoms with Gasteiger partial charge in [0.2, 0.25) is 0 Å². The molecule has 4 nitrogen and oxygen atoms in total. The second-order valence-corrected chi connectivity index (χ2v) is 4.23. The van der Waals surface area contributed by atoms with Crippen LogP contribution in [0.2, 0.25) is 5.02 Å². The fourth-order valence-electron chi connectivity index (χ4n) is 1.59. The zero-order chi connectivity index (χ0) is 12.3. The number of hydrogen-bond acceptors (Lipinski definition) is 3. The SMILES string of the molecule is CCNCc1cn(-c2cccc(Cl)c2C)nn1. The van der Waals surface area contributed by atoms with E-state index in [1.54, 1.807) is 4.68 Å². The third-order valence-electron chi connectivity index (χ3n) is 2.58. The Bertz CT molecular complexity index is 507. The van der Waals surface area contributed by atoms with Crippen molar-refractivity contribution in [2.75, 3.05) is 6.54 Å². The first-order valence-electron chi connectivity index (χ1n) is 5.59. The molecule has 0 unspecified atom stereocenters. The lowest BCUT2D eigenvalue weighted by molar-refractivity contribution is 0.705. The molecule has 0 amide bonds. The summed E-state index contributed by atoms with van der Waals surface area (Å²) in [7, 11) is 0. The average Bonchev–Trinajstić information content (AvgIpc) is 2.78. The average molecular weight is 251 g/mol. The minimum atomic E-state index is 0.732. The highest BCUT2D eigenvalue weighted by Gasteiger charge is 2.06. The fraction of sp³-hybridized carbons (Fsp3) is 0.333. The number of aromatic nitrogens is 3. The molecule has 0 spiro atoms. The van der Waals surface area contributed by atoms with E-state index >= 15 is 0 Å². The molecule has 1 N–H and O–H groups in total. The number of benzene rings is 1.